The van der Waals surface area contributed by atoms with Gasteiger partial charge in [-0.2, -0.15) is 0 Å². The van der Waals surface area contributed by atoms with Crippen LogP contribution in [0.5, 0.6) is 5.75 Å². The molecule has 0 amide bonds. The molecule has 0 spiro atoms. The quantitative estimate of drug-likeness (QED) is 0.743. The minimum Gasteiger partial charge on any atom is -0.497 e. The van der Waals surface area contributed by atoms with Crippen LogP contribution in [0.15, 0.2) is 24.3 Å². The molecule has 1 aromatic carbocycles. The Labute approximate surface area is 121 Å². The Bertz CT molecular complexity index is 423. The number of carbonyl (C=O) groups excluding carboxylic acids is 1. The fourth-order valence-electron chi connectivity index (χ4n) is 2.56. The van der Waals surface area contributed by atoms with Crippen LogP contribution in [0.4, 0.5) is 0 Å². The average molecular weight is 276 g/mol. The summed E-state index contributed by atoms with van der Waals surface area (Å²) < 4.78 is 5.11. The Kier molecular flexibility index (Phi) is 5.56. The molecule has 0 atom stereocenters. The van der Waals surface area contributed by atoms with Crippen molar-refractivity contribution in [2.75, 3.05) is 46.4 Å². The van der Waals surface area contributed by atoms with Gasteiger partial charge in [0, 0.05) is 31.7 Å². The lowest BCUT2D eigenvalue weighted by Gasteiger charge is -2.34. The van der Waals surface area contributed by atoms with Gasteiger partial charge in [-0.05, 0) is 37.2 Å². The summed E-state index contributed by atoms with van der Waals surface area (Å²) in [7, 11) is 1.63. The number of ketones is 1. The maximum absolute atomic E-state index is 12.2. The maximum atomic E-state index is 12.2. The molecule has 1 heterocycles. The van der Waals surface area contributed by atoms with Gasteiger partial charge in [-0.1, -0.05) is 6.92 Å². The summed E-state index contributed by atoms with van der Waals surface area (Å²) in [4.78, 5) is 16.9. The van der Waals surface area contributed by atoms with Gasteiger partial charge in [0.15, 0.2) is 5.78 Å². The first-order chi connectivity index (χ1) is 9.72. The van der Waals surface area contributed by atoms with Gasteiger partial charge in [-0.3, -0.25) is 9.69 Å². The minimum absolute atomic E-state index is 0.191. The first-order valence-corrected chi connectivity index (χ1v) is 7.35. The van der Waals surface area contributed by atoms with Gasteiger partial charge < -0.3 is 9.64 Å². The van der Waals surface area contributed by atoms with Crippen LogP contribution < -0.4 is 4.74 Å². The molecule has 1 fully saturated rings. The number of carbonyl (C=O) groups is 1. The maximum Gasteiger partial charge on any atom is 0.176 e. The molecule has 0 aromatic heterocycles. The van der Waals surface area contributed by atoms with Crippen LogP contribution in [0, 0.1) is 0 Å². The van der Waals surface area contributed by atoms with Crippen molar-refractivity contribution in [1.29, 1.82) is 0 Å². The lowest BCUT2D eigenvalue weighted by atomic mass is 10.1. The Morgan fingerprint density at radius 3 is 2.25 bits per heavy atom. The number of Topliss-reactive ketones (excluding diaryl/α,β-unsaturated/α-hetero) is 1. The number of methoxy groups -OCH3 is 1. The highest BCUT2D eigenvalue weighted by molar-refractivity contribution is 5.97. The minimum atomic E-state index is 0.191. The zero-order chi connectivity index (χ0) is 14.4. The predicted octanol–water partition coefficient (Wildman–Crippen LogP) is 1.91. The molecule has 1 saturated heterocycles. The molecule has 1 aliphatic heterocycles. The van der Waals surface area contributed by atoms with E-state index in [1.807, 2.05) is 24.3 Å². The normalized spacial score (nSPS) is 17.1. The lowest BCUT2D eigenvalue weighted by Crippen LogP contribution is -2.47. The van der Waals surface area contributed by atoms with Crippen molar-refractivity contribution in [3.63, 3.8) is 0 Å². The van der Waals surface area contributed by atoms with Gasteiger partial charge in [0.05, 0.1) is 13.7 Å². The van der Waals surface area contributed by atoms with Crippen molar-refractivity contribution in [3.05, 3.63) is 29.8 Å². The average Bonchev–Trinajstić information content (AvgIpc) is 2.49. The number of hydrogen-bond donors (Lipinski definition) is 0. The molecule has 1 aromatic rings. The molecule has 20 heavy (non-hydrogen) atoms. The van der Waals surface area contributed by atoms with Crippen LogP contribution in [0.1, 0.15) is 23.7 Å². The van der Waals surface area contributed by atoms with Crippen LogP contribution in [0.3, 0.4) is 0 Å². The fourth-order valence-corrected chi connectivity index (χ4v) is 2.56. The summed E-state index contributed by atoms with van der Waals surface area (Å²) in [6.07, 6.45) is 1.20. The largest absolute Gasteiger partial charge is 0.497 e. The molecule has 4 heteroatoms. The molecule has 0 unspecified atom stereocenters. The number of hydrogen-bond acceptors (Lipinski definition) is 4. The summed E-state index contributed by atoms with van der Waals surface area (Å²) >= 11 is 0. The van der Waals surface area contributed by atoms with Crippen LogP contribution in [0.25, 0.3) is 0 Å². The zero-order valence-electron chi connectivity index (χ0n) is 12.5. The van der Waals surface area contributed by atoms with E-state index in [1.165, 1.54) is 13.0 Å². The summed E-state index contributed by atoms with van der Waals surface area (Å²) in [5, 5.41) is 0. The van der Waals surface area contributed by atoms with E-state index in [2.05, 4.69) is 16.7 Å². The van der Waals surface area contributed by atoms with Crippen molar-refractivity contribution in [2.24, 2.45) is 0 Å². The molecule has 0 radical (unpaired) electrons. The fraction of sp³-hybridized carbons (Fsp3) is 0.562. The molecule has 0 aliphatic carbocycles. The number of nitrogens with zero attached hydrogens (tertiary/aromatic N) is 2. The number of ether oxygens (including phenoxy) is 1. The molecular weight excluding hydrogens is 252 g/mol. The Morgan fingerprint density at radius 2 is 1.70 bits per heavy atom. The van der Waals surface area contributed by atoms with Gasteiger partial charge >= 0.3 is 0 Å². The first kappa shape index (κ1) is 15.0. The molecule has 4 nitrogen and oxygen atoms in total. The van der Waals surface area contributed by atoms with Gasteiger partial charge in [-0.25, -0.2) is 0 Å². The van der Waals surface area contributed by atoms with E-state index in [9.17, 15) is 4.79 Å². The summed E-state index contributed by atoms with van der Waals surface area (Å²) in [6.45, 7) is 8.02. The Hall–Kier alpha value is -1.39. The second-order valence-electron chi connectivity index (χ2n) is 5.27. The van der Waals surface area contributed by atoms with Gasteiger partial charge in [-0.15, -0.1) is 0 Å². The highest BCUT2D eigenvalue weighted by atomic mass is 16.5. The van der Waals surface area contributed by atoms with E-state index in [0.29, 0.717) is 6.54 Å². The van der Waals surface area contributed by atoms with Gasteiger partial charge in [0.2, 0.25) is 0 Å². The van der Waals surface area contributed by atoms with E-state index in [4.69, 9.17) is 4.74 Å². The topological polar surface area (TPSA) is 32.8 Å². The van der Waals surface area contributed by atoms with E-state index < -0.39 is 0 Å². The third-order valence-electron chi connectivity index (χ3n) is 3.78. The summed E-state index contributed by atoms with van der Waals surface area (Å²) in [5.74, 6) is 0.978. The molecule has 0 bridgehead atoms. The molecule has 2 rings (SSSR count). The molecule has 0 N–H and O–H groups in total. The van der Waals surface area contributed by atoms with Gasteiger partial charge in [0.1, 0.15) is 5.75 Å². The van der Waals surface area contributed by atoms with Crippen molar-refractivity contribution in [2.45, 2.75) is 13.3 Å². The van der Waals surface area contributed by atoms with Crippen LogP contribution in [0.2, 0.25) is 0 Å². The van der Waals surface area contributed by atoms with E-state index in [1.54, 1.807) is 7.11 Å². The van der Waals surface area contributed by atoms with Crippen LogP contribution in [-0.2, 0) is 0 Å². The monoisotopic (exact) mass is 276 g/mol. The number of rotatable bonds is 6. The molecular formula is C16H24N2O2. The van der Waals surface area contributed by atoms with E-state index >= 15 is 0 Å². The third kappa shape index (κ3) is 4.05. The summed E-state index contributed by atoms with van der Waals surface area (Å²) in [5.41, 5.74) is 0.766. The number of piperazine rings is 1. The summed E-state index contributed by atoms with van der Waals surface area (Å²) in [6, 6.07) is 7.36. The van der Waals surface area contributed by atoms with Crippen molar-refractivity contribution in [3.8, 4) is 5.75 Å². The second kappa shape index (κ2) is 7.41. The lowest BCUT2D eigenvalue weighted by molar-refractivity contribution is 0.0853. The highest BCUT2D eigenvalue weighted by Crippen LogP contribution is 2.12. The second-order valence-corrected chi connectivity index (χ2v) is 5.27. The number of benzene rings is 1. The SMILES string of the molecule is CCCN1CCN(CC(=O)c2ccc(OC)cc2)CC1. The van der Waals surface area contributed by atoms with E-state index in [-0.39, 0.29) is 5.78 Å². The van der Waals surface area contributed by atoms with Gasteiger partial charge in [0.25, 0.3) is 0 Å². The molecule has 110 valence electrons. The molecule has 1 aliphatic rings. The van der Waals surface area contributed by atoms with Crippen molar-refractivity contribution < 1.29 is 9.53 Å². The van der Waals surface area contributed by atoms with Crippen LogP contribution >= 0.6 is 0 Å². The predicted molar refractivity (Wildman–Crippen MR) is 80.5 cm³/mol. The third-order valence-corrected chi connectivity index (χ3v) is 3.78. The van der Waals surface area contributed by atoms with Crippen LogP contribution in [-0.4, -0.2) is 62.0 Å². The van der Waals surface area contributed by atoms with Crippen molar-refractivity contribution >= 4 is 5.78 Å². The van der Waals surface area contributed by atoms with E-state index in [0.717, 1.165) is 37.5 Å². The standard InChI is InChI=1S/C16H24N2O2/c1-3-8-17-9-11-18(12-10-17)13-16(19)14-4-6-15(20-2)7-5-14/h4-7H,3,8-13H2,1-2H3. The Morgan fingerprint density at radius 1 is 1.10 bits per heavy atom. The smallest absolute Gasteiger partial charge is 0.176 e. The molecule has 0 saturated carbocycles. The zero-order valence-corrected chi connectivity index (χ0v) is 12.5. The Balaban J connectivity index is 1.82. The van der Waals surface area contributed by atoms with Crippen molar-refractivity contribution in [1.82, 2.24) is 9.80 Å². The highest BCUT2D eigenvalue weighted by Gasteiger charge is 2.18. The first-order valence-electron chi connectivity index (χ1n) is 7.35.